The second-order valence-electron chi connectivity index (χ2n) is 6.37. The molecule has 1 aromatic carbocycles. The molecular weight excluding hydrogens is 291 g/mol. The number of benzene rings is 1. The molecular formula is C17H22Cl2O. The molecule has 0 N–H and O–H groups in total. The fourth-order valence-electron chi connectivity index (χ4n) is 3.89. The van der Waals surface area contributed by atoms with Crippen LogP contribution in [0.5, 0.6) is 5.75 Å². The lowest BCUT2D eigenvalue weighted by molar-refractivity contribution is 0.116. The maximum Gasteiger partial charge on any atom is 0.123 e. The summed E-state index contributed by atoms with van der Waals surface area (Å²) in [4.78, 5) is 0. The van der Waals surface area contributed by atoms with Crippen LogP contribution in [-0.4, -0.2) is 17.9 Å². The molecule has 0 bridgehead atoms. The van der Waals surface area contributed by atoms with Gasteiger partial charge in [0.1, 0.15) is 11.9 Å². The first kappa shape index (κ1) is 14.5. The molecule has 0 amide bonds. The minimum atomic E-state index is 0.0479. The average Bonchev–Trinajstić information content (AvgIpc) is 3.13. The third kappa shape index (κ3) is 2.67. The van der Waals surface area contributed by atoms with Gasteiger partial charge >= 0.3 is 0 Å². The SMILES string of the molecule is ClCC(CCl)(CC1Cc2ccccc2O1)C1CCCC1. The third-order valence-electron chi connectivity index (χ3n) is 5.10. The van der Waals surface area contributed by atoms with Gasteiger partial charge < -0.3 is 4.74 Å². The summed E-state index contributed by atoms with van der Waals surface area (Å²) in [6.07, 6.45) is 7.43. The molecule has 0 saturated heterocycles. The number of para-hydroxylation sites is 1. The summed E-state index contributed by atoms with van der Waals surface area (Å²) in [6, 6.07) is 8.34. The van der Waals surface area contributed by atoms with E-state index in [0.717, 1.165) is 18.6 Å². The molecule has 1 saturated carbocycles. The Labute approximate surface area is 131 Å². The van der Waals surface area contributed by atoms with E-state index in [4.69, 9.17) is 27.9 Å². The molecule has 0 aromatic heterocycles. The van der Waals surface area contributed by atoms with Crippen LogP contribution in [0.15, 0.2) is 24.3 Å². The van der Waals surface area contributed by atoms with Gasteiger partial charge in [0.25, 0.3) is 0 Å². The van der Waals surface area contributed by atoms with Gasteiger partial charge in [-0.25, -0.2) is 0 Å². The Balaban J connectivity index is 1.72. The fourth-order valence-corrected chi connectivity index (χ4v) is 4.83. The lowest BCUT2D eigenvalue weighted by Crippen LogP contribution is -2.38. The van der Waals surface area contributed by atoms with Crippen LogP contribution in [0.1, 0.15) is 37.7 Å². The molecule has 1 heterocycles. The Hall–Kier alpha value is -0.400. The molecule has 0 spiro atoms. The highest BCUT2D eigenvalue weighted by Crippen LogP contribution is 2.46. The van der Waals surface area contributed by atoms with Crippen molar-refractivity contribution < 1.29 is 4.74 Å². The van der Waals surface area contributed by atoms with E-state index in [1.54, 1.807) is 0 Å². The minimum absolute atomic E-state index is 0.0479. The van der Waals surface area contributed by atoms with Crippen LogP contribution in [0.2, 0.25) is 0 Å². The molecule has 2 aliphatic rings. The second-order valence-corrected chi connectivity index (χ2v) is 6.90. The molecule has 3 rings (SSSR count). The first-order valence-corrected chi connectivity index (χ1v) is 8.71. The predicted octanol–water partition coefficient (Wildman–Crippen LogP) is 5.03. The molecule has 20 heavy (non-hydrogen) atoms. The zero-order valence-corrected chi connectivity index (χ0v) is 13.3. The molecule has 1 atom stereocenters. The van der Waals surface area contributed by atoms with Crippen LogP contribution in [0.3, 0.4) is 0 Å². The smallest absolute Gasteiger partial charge is 0.123 e. The quantitative estimate of drug-likeness (QED) is 0.692. The van der Waals surface area contributed by atoms with Gasteiger partial charge in [-0.15, -0.1) is 23.2 Å². The molecule has 1 aromatic rings. The Kier molecular flexibility index (Phi) is 4.47. The summed E-state index contributed by atoms with van der Waals surface area (Å²) in [5.41, 5.74) is 1.37. The monoisotopic (exact) mass is 312 g/mol. The van der Waals surface area contributed by atoms with E-state index >= 15 is 0 Å². The van der Waals surface area contributed by atoms with E-state index < -0.39 is 0 Å². The number of alkyl halides is 2. The van der Waals surface area contributed by atoms with Crippen LogP contribution >= 0.6 is 23.2 Å². The highest BCUT2D eigenvalue weighted by molar-refractivity contribution is 6.21. The van der Waals surface area contributed by atoms with Crippen molar-refractivity contribution in [3.63, 3.8) is 0 Å². The Morgan fingerprint density at radius 1 is 1.10 bits per heavy atom. The van der Waals surface area contributed by atoms with Crippen LogP contribution in [0.4, 0.5) is 0 Å². The summed E-state index contributed by atoms with van der Waals surface area (Å²) >= 11 is 12.7. The number of ether oxygens (including phenoxy) is 1. The largest absolute Gasteiger partial charge is 0.490 e. The van der Waals surface area contributed by atoms with Crippen molar-refractivity contribution in [1.29, 1.82) is 0 Å². The number of halogens is 2. The first-order chi connectivity index (χ1) is 9.77. The molecule has 1 fully saturated rings. The van der Waals surface area contributed by atoms with Gasteiger partial charge in [0, 0.05) is 23.6 Å². The van der Waals surface area contributed by atoms with E-state index in [2.05, 4.69) is 18.2 Å². The molecule has 1 aliphatic heterocycles. The Bertz CT molecular complexity index is 425. The molecule has 110 valence electrons. The van der Waals surface area contributed by atoms with Crippen molar-refractivity contribution in [2.75, 3.05) is 11.8 Å². The van der Waals surface area contributed by atoms with Crippen molar-refractivity contribution in [3.8, 4) is 5.75 Å². The zero-order chi connectivity index (χ0) is 14.0. The maximum atomic E-state index is 6.35. The predicted molar refractivity (Wildman–Crippen MR) is 85.0 cm³/mol. The zero-order valence-electron chi connectivity index (χ0n) is 11.8. The van der Waals surface area contributed by atoms with E-state index in [-0.39, 0.29) is 11.5 Å². The average molecular weight is 313 g/mol. The number of rotatable bonds is 5. The van der Waals surface area contributed by atoms with Crippen molar-refractivity contribution in [1.82, 2.24) is 0 Å². The second kappa shape index (κ2) is 6.15. The standard InChI is InChI=1S/C17H22Cl2O/c18-11-17(12-19,14-6-2-3-7-14)10-15-9-13-5-1-4-8-16(13)20-15/h1,4-5,8,14-15H,2-3,6-7,9-12H2. The van der Waals surface area contributed by atoms with E-state index in [1.807, 2.05) is 6.07 Å². The van der Waals surface area contributed by atoms with E-state index in [1.165, 1.54) is 31.2 Å². The summed E-state index contributed by atoms with van der Waals surface area (Å²) in [5, 5.41) is 0. The van der Waals surface area contributed by atoms with Gasteiger partial charge in [-0.05, 0) is 36.8 Å². The van der Waals surface area contributed by atoms with Gasteiger partial charge in [0.15, 0.2) is 0 Å². The maximum absolute atomic E-state index is 6.35. The number of hydrogen-bond acceptors (Lipinski definition) is 1. The van der Waals surface area contributed by atoms with Gasteiger partial charge in [-0.1, -0.05) is 31.0 Å². The van der Waals surface area contributed by atoms with E-state index in [9.17, 15) is 0 Å². The molecule has 3 heteroatoms. The topological polar surface area (TPSA) is 9.23 Å². The number of fused-ring (bicyclic) bond motifs is 1. The normalized spacial score (nSPS) is 22.8. The van der Waals surface area contributed by atoms with Crippen molar-refractivity contribution >= 4 is 23.2 Å². The summed E-state index contributed by atoms with van der Waals surface area (Å²) < 4.78 is 6.11. The van der Waals surface area contributed by atoms with Crippen LogP contribution < -0.4 is 4.74 Å². The highest BCUT2D eigenvalue weighted by atomic mass is 35.5. The van der Waals surface area contributed by atoms with Gasteiger partial charge in [0.2, 0.25) is 0 Å². The van der Waals surface area contributed by atoms with Crippen LogP contribution in [-0.2, 0) is 6.42 Å². The van der Waals surface area contributed by atoms with Crippen LogP contribution in [0.25, 0.3) is 0 Å². The lowest BCUT2D eigenvalue weighted by Gasteiger charge is -2.37. The van der Waals surface area contributed by atoms with Crippen LogP contribution in [0, 0.1) is 11.3 Å². The fraction of sp³-hybridized carbons (Fsp3) is 0.647. The van der Waals surface area contributed by atoms with Gasteiger partial charge in [-0.2, -0.15) is 0 Å². The van der Waals surface area contributed by atoms with Crippen molar-refractivity contribution in [2.45, 2.75) is 44.6 Å². The summed E-state index contributed by atoms with van der Waals surface area (Å²) in [5.74, 6) is 3.01. The molecule has 1 aliphatic carbocycles. The first-order valence-electron chi connectivity index (χ1n) is 7.64. The lowest BCUT2D eigenvalue weighted by atomic mass is 9.73. The van der Waals surface area contributed by atoms with Crippen molar-refractivity contribution in [2.24, 2.45) is 11.3 Å². The summed E-state index contributed by atoms with van der Waals surface area (Å²) in [6.45, 7) is 0. The Morgan fingerprint density at radius 2 is 1.80 bits per heavy atom. The molecule has 1 nitrogen and oxygen atoms in total. The van der Waals surface area contributed by atoms with Crippen molar-refractivity contribution in [3.05, 3.63) is 29.8 Å². The minimum Gasteiger partial charge on any atom is -0.490 e. The molecule has 0 radical (unpaired) electrons. The Morgan fingerprint density at radius 3 is 2.45 bits per heavy atom. The highest BCUT2D eigenvalue weighted by Gasteiger charge is 2.42. The number of hydrogen-bond donors (Lipinski definition) is 0. The summed E-state index contributed by atoms with van der Waals surface area (Å²) in [7, 11) is 0. The van der Waals surface area contributed by atoms with E-state index in [0.29, 0.717) is 17.7 Å². The van der Waals surface area contributed by atoms with Gasteiger partial charge in [-0.3, -0.25) is 0 Å². The third-order valence-corrected chi connectivity index (χ3v) is 6.17. The van der Waals surface area contributed by atoms with Gasteiger partial charge in [0.05, 0.1) is 0 Å². The molecule has 1 unspecified atom stereocenters.